The fourth-order valence-corrected chi connectivity index (χ4v) is 1.94. The lowest BCUT2D eigenvalue weighted by atomic mass is 10.0. The minimum Gasteiger partial charge on any atom is -0.465 e. The van der Waals surface area contributed by atoms with E-state index in [1.165, 1.54) is 6.07 Å². The summed E-state index contributed by atoms with van der Waals surface area (Å²) in [6, 6.07) is 4.30. The molecule has 0 radical (unpaired) electrons. The first-order valence-corrected chi connectivity index (χ1v) is 5.53. The number of nitrogens with zero attached hydrogens (tertiary/aromatic N) is 2. The molecule has 0 amide bonds. The van der Waals surface area contributed by atoms with Gasteiger partial charge in [0.1, 0.15) is 5.56 Å². The quantitative estimate of drug-likeness (QED) is 0.369. The van der Waals surface area contributed by atoms with Gasteiger partial charge >= 0.3 is 5.97 Å². The van der Waals surface area contributed by atoms with Crippen LogP contribution in [0.5, 0.6) is 0 Å². The number of esters is 1. The smallest absolute Gasteiger partial charge is 0.345 e. The molecule has 6 nitrogen and oxygen atoms in total. The van der Waals surface area contributed by atoms with Crippen molar-refractivity contribution >= 4 is 27.6 Å². The summed E-state index contributed by atoms with van der Waals surface area (Å²) in [5.74, 6) is -0.830. The number of rotatable bonds is 3. The highest BCUT2D eigenvalue weighted by atomic mass is 79.9. The molecule has 0 aliphatic heterocycles. The van der Waals surface area contributed by atoms with Crippen molar-refractivity contribution in [2.45, 2.75) is 5.33 Å². The first kappa shape index (κ1) is 13.1. The van der Waals surface area contributed by atoms with Gasteiger partial charge in [-0.15, -0.1) is 0 Å². The third kappa shape index (κ3) is 2.42. The fourth-order valence-electron chi connectivity index (χ4n) is 1.36. The zero-order valence-corrected chi connectivity index (χ0v) is 10.4. The van der Waals surface area contributed by atoms with E-state index in [1.807, 2.05) is 6.07 Å². The van der Waals surface area contributed by atoms with Crippen LogP contribution in [0.3, 0.4) is 0 Å². The van der Waals surface area contributed by atoms with Gasteiger partial charge in [0.05, 0.1) is 23.7 Å². The third-order valence-corrected chi connectivity index (χ3v) is 2.69. The van der Waals surface area contributed by atoms with Gasteiger partial charge in [0, 0.05) is 17.0 Å². The molecular weight excluding hydrogens is 292 g/mol. The van der Waals surface area contributed by atoms with Gasteiger partial charge in [0.15, 0.2) is 0 Å². The average molecular weight is 299 g/mol. The number of benzene rings is 1. The van der Waals surface area contributed by atoms with Crippen LogP contribution in [-0.4, -0.2) is 18.0 Å². The van der Waals surface area contributed by atoms with E-state index in [-0.39, 0.29) is 27.7 Å². The Kier molecular flexibility index (Phi) is 4.17. The molecule has 0 aliphatic rings. The summed E-state index contributed by atoms with van der Waals surface area (Å²) in [4.78, 5) is 21.7. The molecule has 0 heterocycles. The summed E-state index contributed by atoms with van der Waals surface area (Å²) in [6.45, 7) is 0. The summed E-state index contributed by atoms with van der Waals surface area (Å²) in [5, 5.41) is 19.8. The van der Waals surface area contributed by atoms with Gasteiger partial charge in [0.2, 0.25) is 0 Å². The van der Waals surface area contributed by atoms with E-state index < -0.39 is 10.9 Å². The van der Waals surface area contributed by atoms with E-state index in [2.05, 4.69) is 20.7 Å². The van der Waals surface area contributed by atoms with Crippen LogP contribution in [0.2, 0.25) is 0 Å². The van der Waals surface area contributed by atoms with Crippen molar-refractivity contribution in [3.05, 3.63) is 38.9 Å². The average Bonchev–Trinajstić information content (AvgIpc) is 2.35. The monoisotopic (exact) mass is 298 g/mol. The van der Waals surface area contributed by atoms with Gasteiger partial charge in [-0.2, -0.15) is 5.26 Å². The third-order valence-electron chi connectivity index (χ3n) is 2.13. The molecule has 0 saturated carbocycles. The maximum atomic E-state index is 11.5. The van der Waals surface area contributed by atoms with Crippen molar-refractivity contribution in [3.63, 3.8) is 0 Å². The van der Waals surface area contributed by atoms with Crippen LogP contribution in [0.15, 0.2) is 12.1 Å². The number of carbonyl (C=O) groups excluding carboxylic acids is 1. The number of nitro groups is 1. The van der Waals surface area contributed by atoms with Crippen LogP contribution in [0, 0.1) is 21.4 Å². The Balaban J connectivity index is 3.63. The predicted octanol–water partition coefficient (Wildman–Crippen LogP) is 2.15. The van der Waals surface area contributed by atoms with Gasteiger partial charge in [-0.25, -0.2) is 4.79 Å². The molecule has 88 valence electrons. The Morgan fingerprint density at radius 3 is 2.71 bits per heavy atom. The van der Waals surface area contributed by atoms with E-state index in [0.717, 1.165) is 13.2 Å². The molecule has 0 bridgehead atoms. The summed E-state index contributed by atoms with van der Waals surface area (Å²) in [5.41, 5.74) is -0.0971. The molecule has 0 atom stereocenters. The molecule has 1 rings (SSSR count). The minimum absolute atomic E-state index is 0.155. The number of alkyl halides is 1. The highest BCUT2D eigenvalue weighted by molar-refractivity contribution is 9.08. The van der Waals surface area contributed by atoms with Gasteiger partial charge in [-0.3, -0.25) is 10.1 Å². The van der Waals surface area contributed by atoms with Crippen molar-refractivity contribution < 1.29 is 14.5 Å². The minimum atomic E-state index is -0.830. The number of hydrogen-bond donors (Lipinski definition) is 0. The van der Waals surface area contributed by atoms with Crippen LogP contribution in [-0.2, 0) is 10.1 Å². The zero-order valence-electron chi connectivity index (χ0n) is 8.77. The molecule has 1 aromatic rings. The molecule has 1 aromatic carbocycles. The molecule has 0 spiro atoms. The topological polar surface area (TPSA) is 93.2 Å². The largest absolute Gasteiger partial charge is 0.465 e. The summed E-state index contributed by atoms with van der Waals surface area (Å²) < 4.78 is 4.50. The lowest BCUT2D eigenvalue weighted by molar-refractivity contribution is -0.385. The maximum Gasteiger partial charge on any atom is 0.345 e. The van der Waals surface area contributed by atoms with Crippen LogP contribution in [0.1, 0.15) is 21.5 Å². The van der Waals surface area contributed by atoms with Gasteiger partial charge < -0.3 is 4.74 Å². The van der Waals surface area contributed by atoms with Gasteiger partial charge in [0.25, 0.3) is 5.69 Å². The molecule has 0 fully saturated rings. The Morgan fingerprint density at radius 1 is 1.65 bits per heavy atom. The number of methoxy groups -OCH3 is 1. The molecule has 17 heavy (non-hydrogen) atoms. The molecule has 0 unspecified atom stereocenters. The first-order chi connectivity index (χ1) is 8.06. The van der Waals surface area contributed by atoms with Crippen molar-refractivity contribution in [3.8, 4) is 6.07 Å². The molecule has 0 aromatic heterocycles. The molecule has 0 N–H and O–H groups in total. The lowest BCUT2D eigenvalue weighted by Crippen LogP contribution is -2.10. The number of nitriles is 1. The Hall–Kier alpha value is -1.94. The summed E-state index contributed by atoms with van der Waals surface area (Å²) >= 11 is 3.10. The maximum absolute atomic E-state index is 11.5. The molecule has 7 heteroatoms. The van der Waals surface area contributed by atoms with Crippen molar-refractivity contribution in [1.29, 1.82) is 5.26 Å². The fraction of sp³-hybridized carbons (Fsp3) is 0.200. The van der Waals surface area contributed by atoms with E-state index in [0.29, 0.717) is 0 Å². The summed E-state index contributed by atoms with van der Waals surface area (Å²) in [6.07, 6.45) is 0. The van der Waals surface area contributed by atoms with E-state index in [9.17, 15) is 14.9 Å². The number of carbonyl (C=O) groups is 1. The van der Waals surface area contributed by atoms with Crippen LogP contribution in [0.25, 0.3) is 0 Å². The second kappa shape index (κ2) is 5.41. The number of nitro benzene ring substituents is 1. The first-order valence-electron chi connectivity index (χ1n) is 4.41. The van der Waals surface area contributed by atoms with Crippen LogP contribution >= 0.6 is 15.9 Å². The SMILES string of the molecule is COC(=O)c1c([N+](=O)[O-])ccc(C#N)c1CBr. The molecular formula is C10H7BrN2O4. The van der Waals surface area contributed by atoms with Crippen LogP contribution in [0.4, 0.5) is 5.69 Å². The second-order valence-corrected chi connectivity index (χ2v) is 3.54. The predicted molar refractivity (Wildman–Crippen MR) is 61.8 cm³/mol. The molecule has 0 saturated heterocycles. The Labute approximate surface area is 105 Å². The second-order valence-electron chi connectivity index (χ2n) is 2.98. The van der Waals surface area contributed by atoms with E-state index >= 15 is 0 Å². The Bertz CT molecular complexity index is 522. The summed E-state index contributed by atoms with van der Waals surface area (Å²) in [7, 11) is 1.13. The number of halogens is 1. The zero-order chi connectivity index (χ0) is 13.0. The lowest BCUT2D eigenvalue weighted by Gasteiger charge is -2.07. The van der Waals surface area contributed by atoms with Crippen molar-refractivity contribution in [1.82, 2.24) is 0 Å². The standard InChI is InChI=1S/C10H7BrN2O4/c1-17-10(14)9-7(4-11)6(5-12)2-3-8(9)13(15)16/h2-3H,4H2,1H3. The van der Waals surface area contributed by atoms with Crippen molar-refractivity contribution in [2.75, 3.05) is 7.11 Å². The Morgan fingerprint density at radius 2 is 2.29 bits per heavy atom. The normalized spacial score (nSPS) is 9.47. The van der Waals surface area contributed by atoms with Gasteiger partial charge in [-0.05, 0) is 6.07 Å². The number of ether oxygens (including phenoxy) is 1. The number of hydrogen-bond acceptors (Lipinski definition) is 5. The molecule has 0 aliphatic carbocycles. The van der Waals surface area contributed by atoms with Gasteiger partial charge in [-0.1, -0.05) is 15.9 Å². The highest BCUT2D eigenvalue weighted by Crippen LogP contribution is 2.27. The highest BCUT2D eigenvalue weighted by Gasteiger charge is 2.26. The van der Waals surface area contributed by atoms with E-state index in [1.54, 1.807) is 0 Å². The van der Waals surface area contributed by atoms with Crippen LogP contribution < -0.4 is 0 Å². The van der Waals surface area contributed by atoms with E-state index in [4.69, 9.17) is 5.26 Å². The van der Waals surface area contributed by atoms with Crippen molar-refractivity contribution in [2.24, 2.45) is 0 Å².